The van der Waals surface area contributed by atoms with Crippen LogP contribution in [-0.2, 0) is 0 Å². The van der Waals surface area contributed by atoms with E-state index in [9.17, 15) is 0 Å². The molecule has 0 aliphatic heterocycles. The molecule has 0 amide bonds. The lowest BCUT2D eigenvalue weighted by Gasteiger charge is -2.10. The van der Waals surface area contributed by atoms with Crippen LogP contribution in [0.5, 0.6) is 0 Å². The van der Waals surface area contributed by atoms with Crippen molar-refractivity contribution in [3.63, 3.8) is 0 Å². The number of thiazole rings is 1. The van der Waals surface area contributed by atoms with Crippen LogP contribution in [0.4, 0.5) is 5.82 Å². The normalized spacial score (nSPS) is 10.9. The summed E-state index contributed by atoms with van der Waals surface area (Å²) in [6.45, 7) is 7.35. The SMILES string of the molecule is CCCNc1cc(C(C)C)nc(-c2cncs2)n1. The van der Waals surface area contributed by atoms with Crippen molar-refractivity contribution >= 4 is 17.2 Å². The number of rotatable bonds is 5. The zero-order valence-electron chi connectivity index (χ0n) is 11.0. The Morgan fingerprint density at radius 3 is 2.78 bits per heavy atom. The quantitative estimate of drug-likeness (QED) is 0.895. The summed E-state index contributed by atoms with van der Waals surface area (Å²) in [5.74, 6) is 2.06. The van der Waals surface area contributed by atoms with Crippen LogP contribution < -0.4 is 5.32 Å². The van der Waals surface area contributed by atoms with Gasteiger partial charge in [-0.05, 0) is 12.3 Å². The number of hydrogen-bond donors (Lipinski definition) is 1. The molecule has 2 heterocycles. The fourth-order valence-electron chi connectivity index (χ4n) is 1.54. The summed E-state index contributed by atoms with van der Waals surface area (Å²) in [6, 6.07) is 2.03. The summed E-state index contributed by atoms with van der Waals surface area (Å²) < 4.78 is 0. The molecule has 0 bridgehead atoms. The maximum absolute atomic E-state index is 4.60. The van der Waals surface area contributed by atoms with Gasteiger partial charge in [0.25, 0.3) is 0 Å². The second-order valence-corrected chi connectivity index (χ2v) is 5.34. The van der Waals surface area contributed by atoms with E-state index in [0.29, 0.717) is 5.92 Å². The zero-order valence-corrected chi connectivity index (χ0v) is 11.8. The Morgan fingerprint density at radius 1 is 1.33 bits per heavy atom. The molecule has 0 unspecified atom stereocenters. The molecule has 0 aliphatic rings. The standard InChI is InChI=1S/C13H18N4S/c1-4-5-15-12-6-10(9(2)3)16-13(17-12)11-7-14-8-18-11/h6-9H,4-5H2,1-3H3,(H,15,16,17). The molecule has 2 rings (SSSR count). The van der Waals surface area contributed by atoms with Gasteiger partial charge >= 0.3 is 0 Å². The van der Waals surface area contributed by atoms with Crippen molar-refractivity contribution in [2.75, 3.05) is 11.9 Å². The van der Waals surface area contributed by atoms with E-state index < -0.39 is 0 Å². The minimum atomic E-state index is 0.391. The van der Waals surface area contributed by atoms with E-state index >= 15 is 0 Å². The van der Waals surface area contributed by atoms with Crippen LogP contribution in [0.25, 0.3) is 10.7 Å². The van der Waals surface area contributed by atoms with E-state index in [4.69, 9.17) is 0 Å². The molecule has 0 atom stereocenters. The Labute approximate surface area is 112 Å². The first kappa shape index (κ1) is 13.0. The van der Waals surface area contributed by atoms with Crippen molar-refractivity contribution in [2.24, 2.45) is 0 Å². The fourth-order valence-corrected chi connectivity index (χ4v) is 2.10. The molecule has 0 aliphatic carbocycles. The first-order chi connectivity index (χ1) is 8.70. The molecule has 0 spiro atoms. The third-order valence-corrected chi connectivity index (χ3v) is 3.32. The second kappa shape index (κ2) is 5.91. The minimum absolute atomic E-state index is 0.391. The lowest BCUT2D eigenvalue weighted by atomic mass is 10.1. The highest BCUT2D eigenvalue weighted by atomic mass is 32.1. The predicted octanol–water partition coefficient (Wildman–Crippen LogP) is 3.55. The molecule has 0 saturated carbocycles. The Morgan fingerprint density at radius 2 is 2.17 bits per heavy atom. The molecule has 4 nitrogen and oxygen atoms in total. The molecule has 0 radical (unpaired) electrons. The molecule has 96 valence electrons. The van der Waals surface area contributed by atoms with E-state index in [1.165, 1.54) is 0 Å². The van der Waals surface area contributed by atoms with Crippen molar-refractivity contribution in [3.8, 4) is 10.7 Å². The predicted molar refractivity (Wildman–Crippen MR) is 76.0 cm³/mol. The first-order valence-electron chi connectivity index (χ1n) is 6.22. The largest absolute Gasteiger partial charge is 0.370 e. The van der Waals surface area contributed by atoms with Crippen LogP contribution in [0.2, 0.25) is 0 Å². The average Bonchev–Trinajstić information content (AvgIpc) is 2.89. The number of aromatic nitrogens is 3. The fraction of sp³-hybridized carbons (Fsp3) is 0.462. The van der Waals surface area contributed by atoms with Crippen LogP contribution >= 0.6 is 11.3 Å². The summed E-state index contributed by atoms with van der Waals surface area (Å²) in [7, 11) is 0. The average molecular weight is 262 g/mol. The smallest absolute Gasteiger partial charge is 0.173 e. The lowest BCUT2D eigenvalue weighted by molar-refractivity contribution is 0.816. The number of nitrogens with zero attached hydrogens (tertiary/aromatic N) is 3. The number of hydrogen-bond acceptors (Lipinski definition) is 5. The lowest BCUT2D eigenvalue weighted by Crippen LogP contribution is -2.06. The highest BCUT2D eigenvalue weighted by Gasteiger charge is 2.10. The number of nitrogens with one attached hydrogen (secondary N) is 1. The van der Waals surface area contributed by atoms with Crippen LogP contribution in [-0.4, -0.2) is 21.5 Å². The van der Waals surface area contributed by atoms with Crippen molar-refractivity contribution < 1.29 is 0 Å². The zero-order chi connectivity index (χ0) is 13.0. The molecule has 5 heteroatoms. The van der Waals surface area contributed by atoms with Gasteiger partial charge in [-0.3, -0.25) is 4.98 Å². The van der Waals surface area contributed by atoms with Gasteiger partial charge in [-0.15, -0.1) is 11.3 Å². The topological polar surface area (TPSA) is 50.7 Å². The monoisotopic (exact) mass is 262 g/mol. The van der Waals surface area contributed by atoms with E-state index in [2.05, 4.69) is 41.0 Å². The van der Waals surface area contributed by atoms with Gasteiger partial charge in [0.1, 0.15) is 5.82 Å². The van der Waals surface area contributed by atoms with Crippen molar-refractivity contribution in [1.29, 1.82) is 0 Å². The third kappa shape index (κ3) is 3.04. The summed E-state index contributed by atoms with van der Waals surface area (Å²) in [5, 5.41) is 3.33. The molecular formula is C13H18N4S. The Kier molecular flexibility index (Phi) is 4.25. The highest BCUT2D eigenvalue weighted by molar-refractivity contribution is 7.13. The van der Waals surface area contributed by atoms with Gasteiger partial charge in [-0.1, -0.05) is 20.8 Å². The molecule has 0 fully saturated rings. The van der Waals surface area contributed by atoms with Gasteiger partial charge in [0.05, 0.1) is 10.4 Å². The third-order valence-electron chi connectivity index (χ3n) is 2.55. The second-order valence-electron chi connectivity index (χ2n) is 4.45. The van der Waals surface area contributed by atoms with Gasteiger partial charge in [0.15, 0.2) is 5.82 Å². The molecule has 18 heavy (non-hydrogen) atoms. The van der Waals surface area contributed by atoms with Crippen LogP contribution in [0.15, 0.2) is 17.8 Å². The molecule has 2 aromatic heterocycles. The van der Waals surface area contributed by atoms with Crippen LogP contribution in [0.1, 0.15) is 38.8 Å². The Bertz CT molecular complexity index is 494. The van der Waals surface area contributed by atoms with Gasteiger partial charge in [-0.25, -0.2) is 9.97 Å². The van der Waals surface area contributed by atoms with E-state index in [0.717, 1.165) is 35.2 Å². The van der Waals surface area contributed by atoms with Gasteiger partial charge in [0, 0.05) is 24.5 Å². The van der Waals surface area contributed by atoms with Crippen LogP contribution in [0.3, 0.4) is 0 Å². The summed E-state index contributed by atoms with van der Waals surface area (Å²) >= 11 is 1.57. The maximum atomic E-state index is 4.60. The van der Waals surface area contributed by atoms with Gasteiger partial charge in [0.2, 0.25) is 0 Å². The van der Waals surface area contributed by atoms with E-state index in [1.54, 1.807) is 16.8 Å². The Hall–Kier alpha value is -1.49. The molecule has 2 aromatic rings. The molecule has 0 aromatic carbocycles. The molecule has 0 saturated heterocycles. The highest BCUT2D eigenvalue weighted by Crippen LogP contribution is 2.24. The first-order valence-corrected chi connectivity index (χ1v) is 7.10. The van der Waals surface area contributed by atoms with Crippen LogP contribution in [0, 0.1) is 0 Å². The maximum Gasteiger partial charge on any atom is 0.173 e. The van der Waals surface area contributed by atoms with Gasteiger partial charge < -0.3 is 5.32 Å². The van der Waals surface area contributed by atoms with E-state index in [-0.39, 0.29) is 0 Å². The van der Waals surface area contributed by atoms with Crippen molar-refractivity contribution in [2.45, 2.75) is 33.1 Å². The summed E-state index contributed by atoms with van der Waals surface area (Å²) in [6.07, 6.45) is 2.89. The number of anilines is 1. The summed E-state index contributed by atoms with van der Waals surface area (Å²) in [4.78, 5) is 14.2. The minimum Gasteiger partial charge on any atom is -0.370 e. The van der Waals surface area contributed by atoms with E-state index in [1.807, 2.05) is 12.3 Å². The van der Waals surface area contributed by atoms with Crippen molar-refractivity contribution in [3.05, 3.63) is 23.5 Å². The van der Waals surface area contributed by atoms with Gasteiger partial charge in [-0.2, -0.15) is 0 Å². The Balaban J connectivity index is 2.36. The van der Waals surface area contributed by atoms with Crippen molar-refractivity contribution in [1.82, 2.24) is 15.0 Å². The molecular weight excluding hydrogens is 244 g/mol. The molecule has 1 N–H and O–H groups in total. The summed E-state index contributed by atoms with van der Waals surface area (Å²) in [5.41, 5.74) is 2.87.